The number of anilines is 1. The molecule has 0 N–H and O–H groups in total. The molecule has 2 rings (SSSR count). The summed E-state index contributed by atoms with van der Waals surface area (Å²) in [5.41, 5.74) is -0.263. The van der Waals surface area contributed by atoms with Crippen LogP contribution in [0.4, 0.5) is 14.5 Å². The van der Waals surface area contributed by atoms with E-state index in [0.29, 0.717) is 6.54 Å². The first kappa shape index (κ1) is 13.8. The number of rotatable bonds is 4. The van der Waals surface area contributed by atoms with Crippen LogP contribution in [-0.2, 0) is 9.53 Å². The fourth-order valence-electron chi connectivity index (χ4n) is 2.58. The Morgan fingerprint density at radius 2 is 2.11 bits per heavy atom. The average Bonchev–Trinajstić information content (AvgIpc) is 2.32. The van der Waals surface area contributed by atoms with E-state index in [9.17, 15) is 13.6 Å². The Morgan fingerprint density at radius 1 is 1.42 bits per heavy atom. The quantitative estimate of drug-likeness (QED) is 0.787. The number of esters is 1. The van der Waals surface area contributed by atoms with Crippen LogP contribution in [0.15, 0.2) is 18.2 Å². The summed E-state index contributed by atoms with van der Waals surface area (Å²) in [6.45, 7) is 0.377. The maximum atomic E-state index is 13.7. The molecule has 1 saturated carbocycles. The van der Waals surface area contributed by atoms with Gasteiger partial charge in [0.25, 0.3) is 0 Å². The van der Waals surface area contributed by atoms with Crippen LogP contribution in [0.3, 0.4) is 0 Å². The van der Waals surface area contributed by atoms with E-state index < -0.39 is 17.0 Å². The zero-order valence-electron chi connectivity index (χ0n) is 11.1. The van der Waals surface area contributed by atoms with Gasteiger partial charge in [-0.1, -0.05) is 6.42 Å². The first-order valence-electron chi connectivity index (χ1n) is 6.23. The maximum absolute atomic E-state index is 13.7. The highest BCUT2D eigenvalue weighted by molar-refractivity contribution is 5.78. The lowest BCUT2D eigenvalue weighted by atomic mass is 9.68. The number of carbonyl (C=O) groups excluding carboxylic acids is 1. The molecule has 1 aliphatic carbocycles. The van der Waals surface area contributed by atoms with Gasteiger partial charge in [-0.2, -0.15) is 0 Å². The minimum absolute atomic E-state index is 0.256. The second-order valence-corrected chi connectivity index (χ2v) is 5.08. The lowest BCUT2D eigenvalue weighted by Crippen LogP contribution is -2.47. The van der Waals surface area contributed by atoms with Crippen LogP contribution in [0.1, 0.15) is 19.3 Å². The fourth-order valence-corrected chi connectivity index (χ4v) is 2.58. The van der Waals surface area contributed by atoms with Gasteiger partial charge in [-0.15, -0.1) is 0 Å². The first-order valence-corrected chi connectivity index (χ1v) is 6.23. The van der Waals surface area contributed by atoms with E-state index in [1.807, 2.05) is 0 Å². The van der Waals surface area contributed by atoms with E-state index >= 15 is 0 Å². The maximum Gasteiger partial charge on any atom is 0.313 e. The highest BCUT2D eigenvalue weighted by atomic mass is 19.1. The molecular weight excluding hydrogens is 252 g/mol. The molecule has 1 aromatic rings. The van der Waals surface area contributed by atoms with Crippen LogP contribution in [0.5, 0.6) is 0 Å². The third kappa shape index (κ3) is 2.55. The van der Waals surface area contributed by atoms with Crippen molar-refractivity contribution in [2.45, 2.75) is 19.3 Å². The second-order valence-electron chi connectivity index (χ2n) is 5.08. The molecule has 0 aliphatic heterocycles. The van der Waals surface area contributed by atoms with E-state index in [1.165, 1.54) is 19.2 Å². The van der Waals surface area contributed by atoms with Crippen LogP contribution in [0, 0.1) is 17.0 Å². The summed E-state index contributed by atoms with van der Waals surface area (Å²) in [5.74, 6) is -1.49. The molecule has 0 aromatic heterocycles. The van der Waals surface area contributed by atoms with E-state index in [1.54, 1.807) is 11.9 Å². The number of nitrogens with zero attached hydrogens (tertiary/aromatic N) is 1. The molecule has 19 heavy (non-hydrogen) atoms. The van der Waals surface area contributed by atoms with Gasteiger partial charge in [0.05, 0.1) is 18.2 Å². The third-order valence-electron chi connectivity index (χ3n) is 3.79. The zero-order chi connectivity index (χ0) is 14.0. The number of halogens is 2. The normalized spacial score (nSPS) is 16.6. The predicted molar refractivity (Wildman–Crippen MR) is 67.9 cm³/mol. The summed E-state index contributed by atoms with van der Waals surface area (Å²) >= 11 is 0. The molecule has 3 nitrogen and oxygen atoms in total. The number of benzene rings is 1. The van der Waals surface area contributed by atoms with Crippen molar-refractivity contribution in [1.29, 1.82) is 0 Å². The zero-order valence-corrected chi connectivity index (χ0v) is 11.1. The average molecular weight is 269 g/mol. The van der Waals surface area contributed by atoms with Gasteiger partial charge >= 0.3 is 5.97 Å². The topological polar surface area (TPSA) is 29.5 Å². The van der Waals surface area contributed by atoms with Crippen LogP contribution in [-0.4, -0.2) is 26.7 Å². The van der Waals surface area contributed by atoms with Crippen molar-refractivity contribution < 1.29 is 18.3 Å². The minimum atomic E-state index is -0.623. The molecule has 0 saturated heterocycles. The Morgan fingerprint density at radius 3 is 2.58 bits per heavy atom. The van der Waals surface area contributed by atoms with Crippen molar-refractivity contribution in [2.24, 2.45) is 5.41 Å². The molecule has 0 heterocycles. The van der Waals surface area contributed by atoms with Crippen LogP contribution in [0.25, 0.3) is 0 Å². The van der Waals surface area contributed by atoms with Crippen molar-refractivity contribution in [3.05, 3.63) is 29.8 Å². The number of methoxy groups -OCH3 is 1. The van der Waals surface area contributed by atoms with E-state index in [-0.39, 0.29) is 11.7 Å². The minimum Gasteiger partial charge on any atom is -0.469 e. The summed E-state index contributed by atoms with van der Waals surface area (Å²) in [5, 5.41) is 0. The van der Waals surface area contributed by atoms with Gasteiger partial charge in [-0.3, -0.25) is 4.79 Å². The largest absolute Gasteiger partial charge is 0.469 e. The van der Waals surface area contributed by atoms with Gasteiger partial charge in [0, 0.05) is 19.7 Å². The fraction of sp³-hybridized carbons (Fsp3) is 0.500. The molecule has 1 aromatic carbocycles. The molecule has 0 radical (unpaired) electrons. The highest BCUT2D eigenvalue weighted by Crippen LogP contribution is 2.43. The molecular formula is C14H17F2NO2. The Labute approximate surface area is 111 Å². The van der Waals surface area contributed by atoms with Crippen molar-refractivity contribution >= 4 is 11.7 Å². The van der Waals surface area contributed by atoms with Crippen LogP contribution < -0.4 is 4.90 Å². The summed E-state index contributed by atoms with van der Waals surface area (Å²) in [4.78, 5) is 13.5. The van der Waals surface area contributed by atoms with Gasteiger partial charge in [-0.05, 0) is 25.0 Å². The smallest absolute Gasteiger partial charge is 0.313 e. The van der Waals surface area contributed by atoms with Crippen molar-refractivity contribution in [1.82, 2.24) is 0 Å². The predicted octanol–water partition coefficient (Wildman–Crippen LogP) is 2.74. The van der Waals surface area contributed by atoms with E-state index in [4.69, 9.17) is 4.74 Å². The summed E-state index contributed by atoms with van der Waals surface area (Å²) < 4.78 is 31.4. The Balaban J connectivity index is 2.16. The van der Waals surface area contributed by atoms with Crippen molar-refractivity contribution in [2.75, 3.05) is 25.6 Å². The van der Waals surface area contributed by atoms with Gasteiger partial charge < -0.3 is 9.64 Å². The molecule has 104 valence electrons. The monoisotopic (exact) mass is 269 g/mol. The van der Waals surface area contributed by atoms with Crippen molar-refractivity contribution in [3.63, 3.8) is 0 Å². The van der Waals surface area contributed by atoms with E-state index in [2.05, 4.69) is 0 Å². The molecule has 0 atom stereocenters. The summed E-state index contributed by atoms with van der Waals surface area (Å²) in [6, 6.07) is 3.44. The van der Waals surface area contributed by atoms with Gasteiger partial charge in [0.15, 0.2) is 0 Å². The third-order valence-corrected chi connectivity index (χ3v) is 3.79. The second kappa shape index (κ2) is 5.15. The lowest BCUT2D eigenvalue weighted by Gasteiger charge is -2.42. The molecule has 1 fully saturated rings. The van der Waals surface area contributed by atoms with Gasteiger partial charge in [-0.25, -0.2) is 8.78 Å². The lowest BCUT2D eigenvalue weighted by molar-refractivity contribution is -0.157. The number of carbonyl (C=O) groups is 1. The standard InChI is InChI=1S/C14H17F2NO2/c1-17(12-5-4-10(15)8-11(12)16)9-14(6-3-7-14)13(18)19-2/h4-5,8H,3,6-7,9H2,1-2H3. The Kier molecular flexibility index (Phi) is 3.73. The number of hydrogen-bond donors (Lipinski definition) is 0. The molecule has 1 aliphatic rings. The molecule has 0 spiro atoms. The SMILES string of the molecule is COC(=O)C1(CN(C)c2ccc(F)cc2F)CCC1. The molecule has 5 heteroatoms. The van der Waals surface area contributed by atoms with Crippen molar-refractivity contribution in [3.8, 4) is 0 Å². The van der Waals surface area contributed by atoms with Crippen LogP contribution >= 0.6 is 0 Å². The molecule has 0 amide bonds. The van der Waals surface area contributed by atoms with Gasteiger partial charge in [0.2, 0.25) is 0 Å². The Hall–Kier alpha value is -1.65. The van der Waals surface area contributed by atoms with E-state index in [0.717, 1.165) is 25.3 Å². The number of ether oxygens (including phenoxy) is 1. The Bertz CT molecular complexity index is 486. The summed E-state index contributed by atoms with van der Waals surface area (Å²) in [6.07, 6.45) is 2.45. The van der Waals surface area contributed by atoms with Crippen LogP contribution in [0.2, 0.25) is 0 Å². The highest BCUT2D eigenvalue weighted by Gasteiger charge is 2.46. The molecule has 0 bridgehead atoms. The summed E-state index contributed by atoms with van der Waals surface area (Å²) in [7, 11) is 3.06. The number of hydrogen-bond acceptors (Lipinski definition) is 3. The van der Waals surface area contributed by atoms with Gasteiger partial charge in [0.1, 0.15) is 11.6 Å². The first-order chi connectivity index (χ1) is 8.98. The molecule has 0 unspecified atom stereocenters.